The van der Waals surface area contributed by atoms with E-state index in [0.29, 0.717) is 11.0 Å². The molecule has 0 fully saturated rings. The number of nitrogens with zero attached hydrogens (tertiary/aromatic N) is 2. The molecule has 2 aromatic rings. The monoisotopic (exact) mass is 201 g/mol. The molecular weight excluding hydrogens is 194 g/mol. The van der Waals surface area contributed by atoms with Crippen molar-refractivity contribution in [2.24, 2.45) is 4.99 Å². The van der Waals surface area contributed by atoms with Gasteiger partial charge in [0.25, 0.3) is 5.56 Å². The normalized spacial score (nSPS) is 9.87. The van der Waals surface area contributed by atoms with E-state index >= 15 is 0 Å². The molecule has 1 aromatic heterocycles. The molecule has 2 rings (SSSR count). The van der Waals surface area contributed by atoms with Gasteiger partial charge in [0.15, 0.2) is 0 Å². The molecule has 0 aliphatic rings. The summed E-state index contributed by atoms with van der Waals surface area (Å²) >= 11 is 0. The Morgan fingerprint density at radius 2 is 2.33 bits per heavy atom. The standard InChI is InChI=1S/C10H7N3O2/c14-6-11-4-7-1-2-8-9(3-7)12-5-10(15)13-8/h1-3,5H,4H2,(H,13,15). The van der Waals surface area contributed by atoms with Crippen LogP contribution in [-0.4, -0.2) is 16.0 Å². The molecule has 0 bridgehead atoms. The van der Waals surface area contributed by atoms with Crippen LogP contribution in [0.3, 0.4) is 0 Å². The second-order valence-electron chi connectivity index (χ2n) is 3.01. The fourth-order valence-electron chi connectivity index (χ4n) is 1.30. The molecule has 0 unspecified atom stereocenters. The zero-order valence-corrected chi connectivity index (χ0v) is 7.73. The highest BCUT2D eigenvalue weighted by atomic mass is 16.1. The van der Waals surface area contributed by atoms with Crippen LogP contribution in [0, 0.1) is 0 Å². The van der Waals surface area contributed by atoms with Crippen LogP contribution in [0.5, 0.6) is 0 Å². The Bertz CT molecular complexity index is 597. The molecule has 5 heteroatoms. The lowest BCUT2D eigenvalue weighted by atomic mass is 10.2. The second-order valence-corrected chi connectivity index (χ2v) is 3.01. The molecule has 0 spiro atoms. The molecule has 1 aromatic carbocycles. The zero-order chi connectivity index (χ0) is 10.7. The highest BCUT2D eigenvalue weighted by molar-refractivity contribution is 5.74. The SMILES string of the molecule is O=C=NCc1ccc2[nH]c(=O)cnc2c1. The maximum atomic E-state index is 11.0. The van der Waals surface area contributed by atoms with Crippen LogP contribution in [0.2, 0.25) is 0 Å². The summed E-state index contributed by atoms with van der Waals surface area (Å²) in [6.07, 6.45) is 2.69. The number of hydrogen-bond acceptors (Lipinski definition) is 4. The van der Waals surface area contributed by atoms with Gasteiger partial charge in [0.1, 0.15) is 0 Å². The Morgan fingerprint density at radius 3 is 3.13 bits per heavy atom. The van der Waals surface area contributed by atoms with Crippen molar-refractivity contribution in [3.05, 3.63) is 40.3 Å². The van der Waals surface area contributed by atoms with Gasteiger partial charge in [-0.2, -0.15) is 0 Å². The molecule has 1 heterocycles. The molecule has 0 aliphatic heterocycles. The van der Waals surface area contributed by atoms with Crippen molar-refractivity contribution in [1.29, 1.82) is 0 Å². The summed E-state index contributed by atoms with van der Waals surface area (Å²) in [4.78, 5) is 31.0. The van der Waals surface area contributed by atoms with Crippen LogP contribution in [0.4, 0.5) is 0 Å². The third kappa shape index (κ3) is 1.98. The van der Waals surface area contributed by atoms with E-state index in [0.717, 1.165) is 5.56 Å². The van der Waals surface area contributed by atoms with Crippen molar-refractivity contribution in [3.8, 4) is 0 Å². The van der Waals surface area contributed by atoms with Crippen LogP contribution in [0.25, 0.3) is 11.0 Å². The van der Waals surface area contributed by atoms with E-state index in [4.69, 9.17) is 0 Å². The van der Waals surface area contributed by atoms with E-state index in [9.17, 15) is 9.59 Å². The van der Waals surface area contributed by atoms with Crippen LogP contribution in [-0.2, 0) is 11.3 Å². The number of hydrogen-bond donors (Lipinski definition) is 1. The Labute approximate surface area is 84.5 Å². The highest BCUT2D eigenvalue weighted by Gasteiger charge is 1.97. The van der Waals surface area contributed by atoms with Gasteiger partial charge in [-0.1, -0.05) is 6.07 Å². The van der Waals surface area contributed by atoms with E-state index in [1.165, 1.54) is 12.3 Å². The molecule has 0 amide bonds. The first kappa shape index (κ1) is 9.30. The molecule has 74 valence electrons. The molecule has 0 saturated carbocycles. The number of aliphatic imine (C=N–C) groups is 1. The maximum absolute atomic E-state index is 11.0. The number of fused-ring (bicyclic) bond motifs is 1. The van der Waals surface area contributed by atoms with E-state index in [-0.39, 0.29) is 12.1 Å². The summed E-state index contributed by atoms with van der Waals surface area (Å²) in [6.45, 7) is 0.278. The highest BCUT2D eigenvalue weighted by Crippen LogP contribution is 2.10. The fraction of sp³-hybridized carbons (Fsp3) is 0.100. The van der Waals surface area contributed by atoms with E-state index < -0.39 is 0 Å². The lowest BCUT2D eigenvalue weighted by Crippen LogP contribution is -2.04. The molecule has 15 heavy (non-hydrogen) atoms. The number of carbonyl (C=O) groups excluding carboxylic acids is 1. The van der Waals surface area contributed by atoms with Gasteiger partial charge >= 0.3 is 0 Å². The summed E-state index contributed by atoms with van der Waals surface area (Å²) in [6, 6.07) is 5.28. The number of benzene rings is 1. The Kier molecular flexibility index (Phi) is 2.39. The first-order valence-electron chi connectivity index (χ1n) is 4.31. The minimum absolute atomic E-state index is 0.235. The summed E-state index contributed by atoms with van der Waals surface area (Å²) < 4.78 is 0. The number of rotatable bonds is 2. The lowest BCUT2D eigenvalue weighted by molar-refractivity contribution is 0.563. The average Bonchev–Trinajstić information content (AvgIpc) is 2.26. The minimum Gasteiger partial charge on any atom is -0.319 e. The van der Waals surface area contributed by atoms with Gasteiger partial charge in [-0.15, -0.1) is 0 Å². The van der Waals surface area contributed by atoms with Crippen LogP contribution in [0.1, 0.15) is 5.56 Å². The average molecular weight is 201 g/mol. The third-order valence-corrected chi connectivity index (χ3v) is 1.97. The molecule has 0 radical (unpaired) electrons. The predicted molar refractivity (Wildman–Crippen MR) is 54.2 cm³/mol. The zero-order valence-electron chi connectivity index (χ0n) is 7.73. The van der Waals surface area contributed by atoms with Crippen LogP contribution < -0.4 is 5.56 Å². The van der Waals surface area contributed by atoms with Gasteiger partial charge in [-0.05, 0) is 17.7 Å². The summed E-state index contributed by atoms with van der Waals surface area (Å²) in [5.41, 5.74) is 1.96. The van der Waals surface area contributed by atoms with Gasteiger partial charge in [-0.3, -0.25) is 4.79 Å². The summed E-state index contributed by atoms with van der Waals surface area (Å²) in [5.74, 6) is 0. The molecule has 0 aliphatic carbocycles. The van der Waals surface area contributed by atoms with Gasteiger partial charge in [0, 0.05) is 0 Å². The van der Waals surface area contributed by atoms with E-state index in [1.54, 1.807) is 18.2 Å². The van der Waals surface area contributed by atoms with Crippen molar-refractivity contribution in [1.82, 2.24) is 9.97 Å². The number of isocyanates is 1. The molecule has 1 N–H and O–H groups in total. The summed E-state index contributed by atoms with van der Waals surface area (Å²) in [5, 5.41) is 0. The largest absolute Gasteiger partial charge is 0.319 e. The maximum Gasteiger partial charge on any atom is 0.266 e. The molecule has 0 saturated heterocycles. The number of H-pyrrole nitrogens is 1. The minimum atomic E-state index is -0.235. The number of nitrogens with one attached hydrogen (secondary N) is 1. The van der Waals surface area contributed by atoms with Crippen molar-refractivity contribution >= 4 is 17.1 Å². The van der Waals surface area contributed by atoms with E-state index in [2.05, 4.69) is 15.0 Å². The van der Waals surface area contributed by atoms with Crippen molar-refractivity contribution in [3.63, 3.8) is 0 Å². The van der Waals surface area contributed by atoms with Crippen molar-refractivity contribution in [2.45, 2.75) is 6.54 Å². The van der Waals surface area contributed by atoms with Gasteiger partial charge in [0.05, 0.1) is 23.8 Å². The quantitative estimate of drug-likeness (QED) is 0.575. The smallest absolute Gasteiger partial charge is 0.266 e. The van der Waals surface area contributed by atoms with E-state index in [1.807, 2.05) is 0 Å². The van der Waals surface area contributed by atoms with Crippen molar-refractivity contribution in [2.75, 3.05) is 0 Å². The molecule has 0 atom stereocenters. The van der Waals surface area contributed by atoms with Crippen LogP contribution in [0.15, 0.2) is 34.2 Å². The molecule has 5 nitrogen and oxygen atoms in total. The predicted octanol–water partition coefficient (Wildman–Crippen LogP) is 0.759. The third-order valence-electron chi connectivity index (χ3n) is 1.97. The van der Waals surface area contributed by atoms with Gasteiger partial charge in [-0.25, -0.2) is 14.8 Å². The number of aromatic amines is 1. The fourth-order valence-corrected chi connectivity index (χ4v) is 1.30. The van der Waals surface area contributed by atoms with Gasteiger partial charge in [0.2, 0.25) is 6.08 Å². The van der Waals surface area contributed by atoms with Gasteiger partial charge < -0.3 is 4.98 Å². The second kappa shape index (κ2) is 3.86. The summed E-state index contributed by atoms with van der Waals surface area (Å²) in [7, 11) is 0. The molecular formula is C10H7N3O2. The lowest BCUT2D eigenvalue weighted by Gasteiger charge is -1.98. The Hall–Kier alpha value is -2.26. The topological polar surface area (TPSA) is 75.2 Å². The first-order chi connectivity index (χ1) is 7.29. The number of aromatic nitrogens is 2. The Morgan fingerprint density at radius 1 is 1.47 bits per heavy atom. The van der Waals surface area contributed by atoms with Crippen LogP contribution >= 0.6 is 0 Å². The first-order valence-corrected chi connectivity index (χ1v) is 4.31. The van der Waals surface area contributed by atoms with Crippen molar-refractivity contribution < 1.29 is 4.79 Å². The Balaban J connectivity index is 2.51.